The Hall–Kier alpha value is -2.29. The minimum Gasteiger partial charge on any atom is -0.497 e. The highest BCUT2D eigenvalue weighted by molar-refractivity contribution is 5.79. The van der Waals surface area contributed by atoms with Crippen LogP contribution in [0.3, 0.4) is 0 Å². The standard InChI is InChI=1S/C21H27NO2/c1-3-4-5-6-15-22-16-18-7-13-21(14-8-18)24-17-19-9-11-20(23-2)12-10-19/h7-14,16H,3-6,15,17H2,1-2H3/b22-16+. The van der Waals surface area contributed by atoms with Crippen molar-refractivity contribution in [2.75, 3.05) is 13.7 Å². The molecule has 0 fully saturated rings. The van der Waals surface area contributed by atoms with E-state index in [4.69, 9.17) is 9.47 Å². The molecule has 128 valence electrons. The van der Waals surface area contributed by atoms with Gasteiger partial charge in [0.25, 0.3) is 0 Å². The molecule has 2 aromatic carbocycles. The molecule has 0 radical (unpaired) electrons. The number of hydrogen-bond donors (Lipinski definition) is 0. The first-order valence-electron chi connectivity index (χ1n) is 8.67. The van der Waals surface area contributed by atoms with Gasteiger partial charge in [0, 0.05) is 12.8 Å². The second kappa shape index (κ2) is 10.5. The van der Waals surface area contributed by atoms with Crippen LogP contribution < -0.4 is 9.47 Å². The Balaban J connectivity index is 1.75. The minimum absolute atomic E-state index is 0.550. The molecule has 3 heteroatoms. The molecule has 0 heterocycles. The van der Waals surface area contributed by atoms with Crippen molar-refractivity contribution in [3.05, 3.63) is 59.7 Å². The molecule has 2 rings (SSSR count). The molecule has 0 amide bonds. The second-order valence-electron chi connectivity index (χ2n) is 5.80. The van der Waals surface area contributed by atoms with Crippen LogP contribution in [0.15, 0.2) is 53.5 Å². The maximum atomic E-state index is 5.81. The zero-order chi connectivity index (χ0) is 17.0. The summed E-state index contributed by atoms with van der Waals surface area (Å²) in [7, 11) is 1.67. The number of unbranched alkanes of at least 4 members (excludes halogenated alkanes) is 3. The molecule has 0 aliphatic heterocycles. The normalized spacial score (nSPS) is 10.9. The maximum absolute atomic E-state index is 5.81. The van der Waals surface area contributed by atoms with Gasteiger partial charge in [0.2, 0.25) is 0 Å². The average Bonchev–Trinajstić information content (AvgIpc) is 2.64. The monoisotopic (exact) mass is 325 g/mol. The lowest BCUT2D eigenvalue weighted by molar-refractivity contribution is 0.306. The maximum Gasteiger partial charge on any atom is 0.119 e. The molecule has 0 saturated heterocycles. The first-order valence-corrected chi connectivity index (χ1v) is 8.67. The Morgan fingerprint density at radius 1 is 0.875 bits per heavy atom. The molecule has 0 bridgehead atoms. The summed E-state index contributed by atoms with van der Waals surface area (Å²) in [4.78, 5) is 4.48. The highest BCUT2D eigenvalue weighted by atomic mass is 16.5. The SMILES string of the molecule is CCCCCC/N=C/c1ccc(OCc2ccc(OC)cc2)cc1. The van der Waals surface area contributed by atoms with E-state index in [2.05, 4.69) is 11.9 Å². The van der Waals surface area contributed by atoms with Crippen molar-refractivity contribution < 1.29 is 9.47 Å². The number of methoxy groups -OCH3 is 1. The Bertz CT molecular complexity index is 603. The molecule has 2 aromatic rings. The Morgan fingerprint density at radius 3 is 2.25 bits per heavy atom. The summed E-state index contributed by atoms with van der Waals surface area (Å²) in [5.41, 5.74) is 2.23. The number of benzene rings is 2. The van der Waals surface area contributed by atoms with Gasteiger partial charge in [-0.05, 0) is 53.9 Å². The lowest BCUT2D eigenvalue weighted by Crippen LogP contribution is -1.95. The number of nitrogens with zero attached hydrogens (tertiary/aromatic N) is 1. The lowest BCUT2D eigenvalue weighted by Gasteiger charge is -2.07. The van der Waals surface area contributed by atoms with Crippen LogP contribution in [0.2, 0.25) is 0 Å². The lowest BCUT2D eigenvalue weighted by atomic mass is 10.2. The van der Waals surface area contributed by atoms with Gasteiger partial charge in [0.15, 0.2) is 0 Å². The summed E-state index contributed by atoms with van der Waals surface area (Å²) in [6, 6.07) is 16.0. The molecule has 0 aliphatic carbocycles. The van der Waals surface area contributed by atoms with E-state index in [-0.39, 0.29) is 0 Å². The summed E-state index contributed by atoms with van der Waals surface area (Å²) in [6.45, 7) is 3.69. The van der Waals surface area contributed by atoms with Crippen molar-refractivity contribution in [2.24, 2.45) is 4.99 Å². The van der Waals surface area contributed by atoms with Crippen LogP contribution in [0.25, 0.3) is 0 Å². The van der Waals surface area contributed by atoms with E-state index >= 15 is 0 Å². The van der Waals surface area contributed by atoms with Crippen LogP contribution in [-0.4, -0.2) is 19.9 Å². The van der Waals surface area contributed by atoms with Gasteiger partial charge in [0.05, 0.1) is 7.11 Å². The Morgan fingerprint density at radius 2 is 1.58 bits per heavy atom. The van der Waals surface area contributed by atoms with Gasteiger partial charge in [-0.2, -0.15) is 0 Å². The molecule has 0 atom stereocenters. The first-order chi connectivity index (χ1) is 11.8. The van der Waals surface area contributed by atoms with Crippen molar-refractivity contribution >= 4 is 6.21 Å². The summed E-state index contributed by atoms with van der Waals surface area (Å²) in [6.07, 6.45) is 6.95. The van der Waals surface area contributed by atoms with E-state index in [1.54, 1.807) is 7.11 Å². The molecule has 24 heavy (non-hydrogen) atoms. The van der Waals surface area contributed by atoms with E-state index in [0.29, 0.717) is 6.61 Å². The highest BCUT2D eigenvalue weighted by Crippen LogP contribution is 2.16. The van der Waals surface area contributed by atoms with E-state index in [9.17, 15) is 0 Å². The van der Waals surface area contributed by atoms with Crippen molar-refractivity contribution in [1.82, 2.24) is 0 Å². The fourth-order valence-electron chi connectivity index (χ4n) is 2.34. The van der Waals surface area contributed by atoms with E-state index < -0.39 is 0 Å². The highest BCUT2D eigenvalue weighted by Gasteiger charge is 1.97. The van der Waals surface area contributed by atoms with Gasteiger partial charge < -0.3 is 9.47 Å². The largest absolute Gasteiger partial charge is 0.497 e. The van der Waals surface area contributed by atoms with E-state index in [1.807, 2.05) is 54.7 Å². The Kier molecular flexibility index (Phi) is 7.88. The van der Waals surface area contributed by atoms with E-state index in [1.165, 1.54) is 25.7 Å². The van der Waals surface area contributed by atoms with Crippen molar-refractivity contribution in [2.45, 2.75) is 39.2 Å². The third kappa shape index (κ3) is 6.45. The molecule has 0 unspecified atom stereocenters. The molecular weight excluding hydrogens is 298 g/mol. The van der Waals surface area contributed by atoms with Gasteiger partial charge in [-0.1, -0.05) is 38.3 Å². The Labute approximate surface area is 145 Å². The summed E-state index contributed by atoms with van der Waals surface area (Å²) in [5, 5.41) is 0. The average molecular weight is 325 g/mol. The topological polar surface area (TPSA) is 30.8 Å². The summed E-state index contributed by atoms with van der Waals surface area (Å²) >= 11 is 0. The fourth-order valence-corrected chi connectivity index (χ4v) is 2.34. The van der Waals surface area contributed by atoms with Crippen LogP contribution in [0.4, 0.5) is 0 Å². The molecule has 3 nitrogen and oxygen atoms in total. The van der Waals surface area contributed by atoms with Crippen LogP contribution in [-0.2, 0) is 6.61 Å². The molecular formula is C21H27NO2. The fraction of sp³-hybridized carbons (Fsp3) is 0.381. The molecule has 0 N–H and O–H groups in total. The number of hydrogen-bond acceptors (Lipinski definition) is 3. The van der Waals surface area contributed by atoms with Crippen molar-refractivity contribution in [3.63, 3.8) is 0 Å². The summed E-state index contributed by atoms with van der Waals surface area (Å²) in [5.74, 6) is 1.72. The van der Waals surface area contributed by atoms with Gasteiger partial charge in [0.1, 0.15) is 18.1 Å². The van der Waals surface area contributed by atoms with Gasteiger partial charge >= 0.3 is 0 Å². The van der Waals surface area contributed by atoms with Crippen LogP contribution in [0.5, 0.6) is 11.5 Å². The van der Waals surface area contributed by atoms with Crippen LogP contribution >= 0.6 is 0 Å². The smallest absolute Gasteiger partial charge is 0.119 e. The summed E-state index contributed by atoms with van der Waals surface area (Å²) < 4.78 is 11.0. The minimum atomic E-state index is 0.550. The third-order valence-electron chi connectivity index (χ3n) is 3.83. The predicted molar refractivity (Wildman–Crippen MR) is 100 cm³/mol. The first kappa shape index (κ1) is 18.1. The van der Waals surface area contributed by atoms with Gasteiger partial charge in [-0.15, -0.1) is 0 Å². The van der Waals surface area contributed by atoms with E-state index in [0.717, 1.165) is 29.2 Å². The number of rotatable bonds is 10. The second-order valence-corrected chi connectivity index (χ2v) is 5.80. The van der Waals surface area contributed by atoms with Crippen LogP contribution in [0, 0.1) is 0 Å². The zero-order valence-corrected chi connectivity index (χ0v) is 14.7. The number of aliphatic imine (C=N–C) groups is 1. The van der Waals surface area contributed by atoms with Gasteiger partial charge in [-0.3, -0.25) is 4.99 Å². The van der Waals surface area contributed by atoms with Crippen molar-refractivity contribution in [1.29, 1.82) is 0 Å². The molecule has 0 saturated carbocycles. The molecule has 0 spiro atoms. The quantitative estimate of drug-likeness (QED) is 0.440. The third-order valence-corrected chi connectivity index (χ3v) is 3.83. The molecule has 0 aliphatic rings. The van der Waals surface area contributed by atoms with Crippen LogP contribution in [0.1, 0.15) is 43.7 Å². The molecule has 0 aromatic heterocycles. The number of ether oxygens (including phenoxy) is 2. The van der Waals surface area contributed by atoms with Gasteiger partial charge in [-0.25, -0.2) is 0 Å². The van der Waals surface area contributed by atoms with Crippen molar-refractivity contribution in [3.8, 4) is 11.5 Å². The zero-order valence-electron chi connectivity index (χ0n) is 14.7. The predicted octanol–water partition coefficient (Wildman–Crippen LogP) is 5.27.